The summed E-state index contributed by atoms with van der Waals surface area (Å²) < 4.78 is 5.33. The molecule has 0 aliphatic heterocycles. The van der Waals surface area contributed by atoms with Gasteiger partial charge in [0.15, 0.2) is 0 Å². The van der Waals surface area contributed by atoms with Gasteiger partial charge >= 0.3 is 0 Å². The van der Waals surface area contributed by atoms with E-state index in [1.807, 2.05) is 0 Å². The highest BCUT2D eigenvalue weighted by molar-refractivity contribution is 5.43. The molecule has 0 aliphatic rings. The van der Waals surface area contributed by atoms with Crippen molar-refractivity contribution in [2.75, 3.05) is 20.7 Å². The van der Waals surface area contributed by atoms with Gasteiger partial charge in [-0.15, -0.1) is 0 Å². The average molecular weight is 250 g/mol. The van der Waals surface area contributed by atoms with E-state index >= 15 is 0 Å². The van der Waals surface area contributed by atoms with Crippen LogP contribution < -0.4 is 10.5 Å². The van der Waals surface area contributed by atoms with Crippen molar-refractivity contribution in [1.82, 2.24) is 4.90 Å². The Hall–Kier alpha value is -1.06. The van der Waals surface area contributed by atoms with Crippen LogP contribution in [-0.2, 0) is 6.54 Å². The molecule has 1 atom stereocenters. The smallest absolute Gasteiger partial charge is 0.122 e. The third kappa shape index (κ3) is 4.00. The van der Waals surface area contributed by atoms with Gasteiger partial charge in [-0.3, -0.25) is 0 Å². The Balaban J connectivity index is 2.70. The van der Waals surface area contributed by atoms with Crippen LogP contribution in [0.5, 0.6) is 5.75 Å². The molecule has 1 unspecified atom stereocenters. The second-order valence-electron chi connectivity index (χ2n) is 5.18. The number of rotatable bonds is 6. The van der Waals surface area contributed by atoms with Gasteiger partial charge in [-0.25, -0.2) is 0 Å². The zero-order valence-electron chi connectivity index (χ0n) is 12.3. The third-order valence-corrected chi connectivity index (χ3v) is 3.48. The van der Waals surface area contributed by atoms with E-state index in [0.717, 1.165) is 25.3 Å². The zero-order valence-corrected chi connectivity index (χ0v) is 12.3. The molecule has 0 spiro atoms. The van der Waals surface area contributed by atoms with E-state index in [1.54, 1.807) is 7.11 Å². The molecule has 3 nitrogen and oxygen atoms in total. The molecule has 0 aromatic heterocycles. The van der Waals surface area contributed by atoms with E-state index in [0.29, 0.717) is 0 Å². The topological polar surface area (TPSA) is 38.5 Å². The van der Waals surface area contributed by atoms with Crippen LogP contribution in [0, 0.1) is 13.8 Å². The minimum Gasteiger partial charge on any atom is -0.496 e. The largest absolute Gasteiger partial charge is 0.496 e. The summed E-state index contributed by atoms with van der Waals surface area (Å²) >= 11 is 0. The molecule has 1 aromatic rings. The lowest BCUT2D eigenvalue weighted by Crippen LogP contribution is -2.26. The Labute approximate surface area is 111 Å². The van der Waals surface area contributed by atoms with E-state index in [9.17, 15) is 0 Å². The number of nitrogens with two attached hydrogens (primary N) is 1. The van der Waals surface area contributed by atoms with Crippen LogP contribution in [0.1, 0.15) is 30.0 Å². The first-order valence-electron chi connectivity index (χ1n) is 6.53. The summed E-state index contributed by atoms with van der Waals surface area (Å²) in [6.45, 7) is 8.31. The van der Waals surface area contributed by atoms with Crippen molar-refractivity contribution < 1.29 is 4.74 Å². The van der Waals surface area contributed by atoms with Crippen LogP contribution in [-0.4, -0.2) is 31.6 Å². The van der Waals surface area contributed by atoms with Crippen LogP contribution >= 0.6 is 0 Å². The molecule has 0 amide bonds. The monoisotopic (exact) mass is 250 g/mol. The summed E-state index contributed by atoms with van der Waals surface area (Å²) in [7, 11) is 3.86. The van der Waals surface area contributed by atoms with Crippen LogP contribution in [0.3, 0.4) is 0 Å². The highest BCUT2D eigenvalue weighted by Crippen LogP contribution is 2.24. The highest BCUT2D eigenvalue weighted by Gasteiger charge is 2.09. The van der Waals surface area contributed by atoms with Crippen LogP contribution in [0.4, 0.5) is 0 Å². The first-order valence-corrected chi connectivity index (χ1v) is 6.53. The Morgan fingerprint density at radius 3 is 2.50 bits per heavy atom. The Morgan fingerprint density at radius 1 is 1.28 bits per heavy atom. The Bertz CT molecular complexity index is 388. The molecule has 1 rings (SSSR count). The van der Waals surface area contributed by atoms with Crippen molar-refractivity contribution in [2.24, 2.45) is 5.73 Å². The summed E-state index contributed by atoms with van der Waals surface area (Å²) in [4.78, 5) is 2.32. The number of nitrogens with zero attached hydrogens (tertiary/aromatic N) is 1. The molecule has 0 saturated carbocycles. The molecule has 0 saturated heterocycles. The van der Waals surface area contributed by atoms with Gasteiger partial charge in [0.25, 0.3) is 0 Å². The van der Waals surface area contributed by atoms with Crippen molar-refractivity contribution in [3.05, 3.63) is 28.8 Å². The van der Waals surface area contributed by atoms with Crippen LogP contribution in [0.15, 0.2) is 12.1 Å². The van der Waals surface area contributed by atoms with Gasteiger partial charge in [0.1, 0.15) is 5.75 Å². The molecule has 1 aromatic carbocycles. The third-order valence-electron chi connectivity index (χ3n) is 3.48. The first kappa shape index (κ1) is 15.0. The fraction of sp³-hybridized carbons (Fsp3) is 0.600. The summed E-state index contributed by atoms with van der Waals surface area (Å²) in [5.74, 6) is 0.967. The van der Waals surface area contributed by atoms with Gasteiger partial charge < -0.3 is 15.4 Å². The van der Waals surface area contributed by atoms with Gasteiger partial charge in [0.05, 0.1) is 7.11 Å². The minimum atomic E-state index is 0.270. The molecule has 0 radical (unpaired) electrons. The van der Waals surface area contributed by atoms with E-state index < -0.39 is 0 Å². The zero-order chi connectivity index (χ0) is 13.7. The van der Waals surface area contributed by atoms with E-state index in [1.165, 1.54) is 16.7 Å². The predicted molar refractivity (Wildman–Crippen MR) is 77.1 cm³/mol. The maximum atomic E-state index is 5.78. The molecule has 0 aliphatic carbocycles. The van der Waals surface area contributed by atoms with Crippen molar-refractivity contribution in [3.8, 4) is 5.75 Å². The van der Waals surface area contributed by atoms with Crippen LogP contribution in [0.25, 0.3) is 0 Å². The molecule has 0 fully saturated rings. The van der Waals surface area contributed by atoms with E-state index in [2.05, 4.69) is 44.9 Å². The second-order valence-corrected chi connectivity index (χ2v) is 5.18. The minimum absolute atomic E-state index is 0.270. The lowest BCUT2D eigenvalue weighted by molar-refractivity contribution is 0.312. The summed E-state index contributed by atoms with van der Waals surface area (Å²) in [5, 5.41) is 0. The number of hydrogen-bond acceptors (Lipinski definition) is 3. The lowest BCUT2D eigenvalue weighted by atomic mass is 10.0. The highest BCUT2D eigenvalue weighted by atomic mass is 16.5. The fourth-order valence-electron chi connectivity index (χ4n) is 2.04. The van der Waals surface area contributed by atoms with Gasteiger partial charge in [-0.1, -0.05) is 6.07 Å². The number of methoxy groups -OCH3 is 1. The molecule has 18 heavy (non-hydrogen) atoms. The molecular formula is C15H26N2O. The van der Waals surface area contributed by atoms with Gasteiger partial charge in [-0.2, -0.15) is 0 Å². The molecule has 0 heterocycles. The van der Waals surface area contributed by atoms with E-state index in [4.69, 9.17) is 10.5 Å². The maximum Gasteiger partial charge on any atom is 0.122 e. The van der Waals surface area contributed by atoms with E-state index in [-0.39, 0.29) is 6.04 Å². The summed E-state index contributed by atoms with van der Waals surface area (Å²) in [6.07, 6.45) is 1.03. The molecule has 2 N–H and O–H groups in total. The normalized spacial score (nSPS) is 12.8. The Kier molecular flexibility index (Phi) is 5.63. The Morgan fingerprint density at radius 2 is 1.94 bits per heavy atom. The van der Waals surface area contributed by atoms with Crippen molar-refractivity contribution in [1.29, 1.82) is 0 Å². The first-order chi connectivity index (χ1) is 8.45. The average Bonchev–Trinajstić information content (AvgIpc) is 2.33. The summed E-state index contributed by atoms with van der Waals surface area (Å²) in [6, 6.07) is 4.48. The standard InChI is InChI=1S/C15H26N2O/c1-11(16)8-9-17(4)10-14-6-7-15(18-5)13(3)12(14)2/h6-7,11H,8-10,16H2,1-5H3. The molecule has 102 valence electrons. The molecule has 3 heteroatoms. The van der Waals surface area contributed by atoms with Crippen molar-refractivity contribution in [2.45, 2.75) is 39.8 Å². The number of ether oxygens (including phenoxy) is 1. The maximum absolute atomic E-state index is 5.78. The number of hydrogen-bond donors (Lipinski definition) is 1. The molecular weight excluding hydrogens is 224 g/mol. The van der Waals surface area contributed by atoms with Gasteiger partial charge in [0.2, 0.25) is 0 Å². The van der Waals surface area contributed by atoms with Gasteiger partial charge in [-0.05, 0) is 63.5 Å². The SMILES string of the molecule is COc1ccc(CN(C)CCC(C)N)c(C)c1C. The van der Waals surface area contributed by atoms with Crippen LogP contribution in [0.2, 0.25) is 0 Å². The molecule has 0 bridgehead atoms. The van der Waals surface area contributed by atoms with Crippen molar-refractivity contribution >= 4 is 0 Å². The number of benzene rings is 1. The van der Waals surface area contributed by atoms with Crippen molar-refractivity contribution in [3.63, 3.8) is 0 Å². The van der Waals surface area contributed by atoms with Gasteiger partial charge in [0, 0.05) is 12.6 Å². The second kappa shape index (κ2) is 6.76. The summed E-state index contributed by atoms with van der Waals surface area (Å²) in [5.41, 5.74) is 9.70. The predicted octanol–water partition coefficient (Wildman–Crippen LogP) is 2.48. The lowest BCUT2D eigenvalue weighted by Gasteiger charge is -2.20. The fourth-order valence-corrected chi connectivity index (χ4v) is 2.04. The quantitative estimate of drug-likeness (QED) is 0.843.